The molecule has 1 rings (SSSR count). The third-order valence-electron chi connectivity index (χ3n) is 3.45. The zero-order valence-electron chi connectivity index (χ0n) is 14.5. The molecule has 128 valence electrons. The van der Waals surface area contributed by atoms with Gasteiger partial charge in [-0.3, -0.25) is 4.79 Å². The summed E-state index contributed by atoms with van der Waals surface area (Å²) in [5.41, 5.74) is 0.482. The van der Waals surface area contributed by atoms with Crippen LogP contribution in [0, 0.1) is 6.92 Å². The number of carbonyl (C=O) groups is 2. The third-order valence-corrected chi connectivity index (χ3v) is 3.45. The first kappa shape index (κ1) is 18.8. The Kier molecular flexibility index (Phi) is 6.42. The molecule has 0 atom stereocenters. The fraction of sp³-hybridized carbons (Fsp3) is 0.529. The van der Waals surface area contributed by atoms with Gasteiger partial charge in [0.15, 0.2) is 5.60 Å². The van der Waals surface area contributed by atoms with Crippen molar-refractivity contribution in [3.63, 3.8) is 0 Å². The zero-order chi connectivity index (χ0) is 17.6. The lowest BCUT2D eigenvalue weighted by Crippen LogP contribution is -2.39. The quantitative estimate of drug-likeness (QED) is 0.718. The standard InChI is InChI=1S/C17H24O6/c1-11-9-14(23-17(2,3)16(19)22-6)12(10-13(11)20-4)7-8-15(18)21-5/h9-10H,7-8H2,1-6H3. The Morgan fingerprint density at radius 2 is 1.70 bits per heavy atom. The number of esters is 2. The van der Waals surface area contributed by atoms with E-state index in [0.29, 0.717) is 17.9 Å². The molecule has 0 radical (unpaired) electrons. The highest BCUT2D eigenvalue weighted by molar-refractivity contribution is 5.79. The third kappa shape index (κ3) is 4.87. The Hall–Kier alpha value is -2.24. The van der Waals surface area contributed by atoms with Crippen LogP contribution in [0.3, 0.4) is 0 Å². The summed E-state index contributed by atoms with van der Waals surface area (Å²) < 4.78 is 20.6. The number of methoxy groups -OCH3 is 3. The lowest BCUT2D eigenvalue weighted by Gasteiger charge is -2.25. The van der Waals surface area contributed by atoms with Gasteiger partial charge < -0.3 is 18.9 Å². The van der Waals surface area contributed by atoms with E-state index in [1.807, 2.05) is 6.92 Å². The van der Waals surface area contributed by atoms with E-state index >= 15 is 0 Å². The SMILES string of the molecule is COC(=O)CCc1cc(OC)c(C)cc1OC(C)(C)C(=O)OC. The van der Waals surface area contributed by atoms with Gasteiger partial charge >= 0.3 is 11.9 Å². The average Bonchev–Trinajstić information content (AvgIpc) is 2.52. The molecule has 1 aromatic carbocycles. The van der Waals surface area contributed by atoms with Crippen molar-refractivity contribution in [2.45, 2.75) is 39.2 Å². The van der Waals surface area contributed by atoms with Gasteiger partial charge in [-0.15, -0.1) is 0 Å². The molecule has 0 amide bonds. The molecule has 6 heteroatoms. The molecule has 23 heavy (non-hydrogen) atoms. The number of ether oxygens (including phenoxy) is 4. The summed E-state index contributed by atoms with van der Waals surface area (Å²) in [4.78, 5) is 23.2. The van der Waals surface area contributed by atoms with E-state index < -0.39 is 11.6 Å². The van der Waals surface area contributed by atoms with Crippen LogP contribution in [0.4, 0.5) is 0 Å². The van der Waals surface area contributed by atoms with E-state index in [1.54, 1.807) is 33.1 Å². The van der Waals surface area contributed by atoms with Crippen molar-refractivity contribution in [1.29, 1.82) is 0 Å². The van der Waals surface area contributed by atoms with Crippen LogP contribution < -0.4 is 9.47 Å². The second-order valence-electron chi connectivity index (χ2n) is 5.61. The minimum atomic E-state index is -1.14. The Bertz CT molecular complexity index is 577. The molecule has 0 aliphatic heterocycles. The van der Waals surface area contributed by atoms with Gasteiger partial charge in [-0.25, -0.2) is 4.79 Å². The van der Waals surface area contributed by atoms with Crippen molar-refractivity contribution in [2.24, 2.45) is 0 Å². The summed E-state index contributed by atoms with van der Waals surface area (Å²) in [7, 11) is 4.23. The summed E-state index contributed by atoms with van der Waals surface area (Å²) in [6.45, 7) is 5.13. The lowest BCUT2D eigenvalue weighted by molar-refractivity contribution is -0.156. The van der Waals surface area contributed by atoms with Crippen molar-refractivity contribution in [1.82, 2.24) is 0 Å². The molecule has 0 fully saturated rings. The molecule has 0 aromatic heterocycles. The molecule has 0 unspecified atom stereocenters. The molecule has 0 saturated heterocycles. The molecule has 0 bridgehead atoms. The molecule has 1 aromatic rings. The molecule has 0 N–H and O–H groups in total. The van der Waals surface area contributed by atoms with Crippen molar-refractivity contribution in [3.05, 3.63) is 23.3 Å². The topological polar surface area (TPSA) is 71.1 Å². The van der Waals surface area contributed by atoms with Gasteiger partial charge in [-0.2, -0.15) is 0 Å². The molecule has 0 aliphatic carbocycles. The molecule has 6 nitrogen and oxygen atoms in total. The summed E-state index contributed by atoms with van der Waals surface area (Å²) in [5.74, 6) is 0.406. The Morgan fingerprint density at radius 1 is 1.04 bits per heavy atom. The first-order chi connectivity index (χ1) is 10.7. The highest BCUT2D eigenvalue weighted by atomic mass is 16.6. The summed E-state index contributed by atoms with van der Waals surface area (Å²) >= 11 is 0. The van der Waals surface area contributed by atoms with Crippen LogP contribution in [-0.4, -0.2) is 38.9 Å². The van der Waals surface area contributed by atoms with E-state index in [0.717, 1.165) is 11.1 Å². The number of rotatable bonds is 7. The minimum absolute atomic E-state index is 0.206. The van der Waals surface area contributed by atoms with Crippen molar-refractivity contribution in [2.75, 3.05) is 21.3 Å². The van der Waals surface area contributed by atoms with Gasteiger partial charge in [0.05, 0.1) is 21.3 Å². The Labute approximate surface area is 136 Å². The number of aryl methyl sites for hydroxylation is 2. The molecular weight excluding hydrogens is 300 g/mol. The van der Waals surface area contributed by atoms with Gasteiger partial charge in [0.25, 0.3) is 0 Å². The van der Waals surface area contributed by atoms with Gasteiger partial charge in [-0.05, 0) is 50.5 Å². The number of carbonyl (C=O) groups excluding carboxylic acids is 2. The van der Waals surface area contributed by atoms with E-state index in [2.05, 4.69) is 4.74 Å². The van der Waals surface area contributed by atoms with Crippen molar-refractivity contribution >= 4 is 11.9 Å². The fourth-order valence-electron chi connectivity index (χ4n) is 2.12. The first-order valence-corrected chi connectivity index (χ1v) is 7.27. The number of benzene rings is 1. The predicted octanol–water partition coefficient (Wildman–Crippen LogP) is 2.44. The predicted molar refractivity (Wildman–Crippen MR) is 84.8 cm³/mol. The molecule has 0 saturated carbocycles. The maximum atomic E-state index is 11.8. The van der Waals surface area contributed by atoms with E-state index in [-0.39, 0.29) is 12.4 Å². The molecular formula is C17H24O6. The van der Waals surface area contributed by atoms with Crippen LogP contribution in [0.2, 0.25) is 0 Å². The number of hydrogen-bond acceptors (Lipinski definition) is 6. The highest BCUT2D eigenvalue weighted by Crippen LogP contribution is 2.32. The summed E-state index contributed by atoms with van der Waals surface area (Å²) in [5, 5.41) is 0. The van der Waals surface area contributed by atoms with Gasteiger partial charge in [0, 0.05) is 6.42 Å². The van der Waals surface area contributed by atoms with Crippen molar-refractivity contribution in [3.8, 4) is 11.5 Å². The monoisotopic (exact) mass is 324 g/mol. The van der Waals surface area contributed by atoms with E-state index in [9.17, 15) is 9.59 Å². The second-order valence-corrected chi connectivity index (χ2v) is 5.61. The molecule has 0 aliphatic rings. The minimum Gasteiger partial charge on any atom is -0.496 e. The van der Waals surface area contributed by atoms with Crippen LogP contribution in [-0.2, 0) is 25.5 Å². The largest absolute Gasteiger partial charge is 0.496 e. The smallest absolute Gasteiger partial charge is 0.349 e. The van der Waals surface area contributed by atoms with Crippen LogP contribution in [0.25, 0.3) is 0 Å². The van der Waals surface area contributed by atoms with E-state index in [1.165, 1.54) is 14.2 Å². The summed E-state index contributed by atoms with van der Waals surface area (Å²) in [6, 6.07) is 3.59. The second kappa shape index (κ2) is 7.85. The van der Waals surface area contributed by atoms with Gasteiger partial charge in [0.2, 0.25) is 0 Å². The lowest BCUT2D eigenvalue weighted by atomic mass is 10.0. The van der Waals surface area contributed by atoms with E-state index in [4.69, 9.17) is 14.2 Å². The Morgan fingerprint density at radius 3 is 2.22 bits per heavy atom. The zero-order valence-corrected chi connectivity index (χ0v) is 14.5. The average molecular weight is 324 g/mol. The van der Waals surface area contributed by atoms with Crippen LogP contribution >= 0.6 is 0 Å². The normalized spacial score (nSPS) is 10.9. The molecule has 0 spiro atoms. The fourth-order valence-corrected chi connectivity index (χ4v) is 2.12. The molecule has 0 heterocycles. The first-order valence-electron chi connectivity index (χ1n) is 7.27. The maximum Gasteiger partial charge on any atom is 0.349 e. The van der Waals surface area contributed by atoms with Gasteiger partial charge in [0.1, 0.15) is 11.5 Å². The highest BCUT2D eigenvalue weighted by Gasteiger charge is 2.32. The maximum absolute atomic E-state index is 11.8. The Balaban J connectivity index is 3.15. The number of hydrogen-bond donors (Lipinski definition) is 0. The van der Waals surface area contributed by atoms with Crippen LogP contribution in [0.15, 0.2) is 12.1 Å². The van der Waals surface area contributed by atoms with Crippen LogP contribution in [0.1, 0.15) is 31.4 Å². The summed E-state index contributed by atoms with van der Waals surface area (Å²) in [6.07, 6.45) is 0.619. The van der Waals surface area contributed by atoms with Gasteiger partial charge in [-0.1, -0.05) is 0 Å². The van der Waals surface area contributed by atoms with Crippen LogP contribution in [0.5, 0.6) is 11.5 Å². The van der Waals surface area contributed by atoms with Crippen molar-refractivity contribution < 1.29 is 28.5 Å².